The monoisotopic (exact) mass is 227 g/mol. The normalized spacial score (nSPS) is 34.1. The number of aliphatic hydroxyl groups excluding tert-OH is 2. The van der Waals surface area contributed by atoms with E-state index in [0.717, 1.165) is 38.6 Å². The lowest BCUT2D eigenvalue weighted by molar-refractivity contribution is 0.0708. The van der Waals surface area contributed by atoms with Gasteiger partial charge in [-0.05, 0) is 25.7 Å². The molecule has 2 rings (SSSR count). The minimum absolute atomic E-state index is 0.108. The molecule has 0 unspecified atom stereocenters. The summed E-state index contributed by atoms with van der Waals surface area (Å²) < 4.78 is 0. The van der Waals surface area contributed by atoms with Crippen LogP contribution in [-0.2, 0) is 0 Å². The Balaban J connectivity index is 1.80. The molecule has 0 aromatic heterocycles. The Morgan fingerprint density at radius 3 is 2.38 bits per heavy atom. The summed E-state index contributed by atoms with van der Waals surface area (Å²) >= 11 is 0. The van der Waals surface area contributed by atoms with Crippen molar-refractivity contribution in [2.75, 3.05) is 13.2 Å². The first-order valence-electron chi connectivity index (χ1n) is 6.78. The van der Waals surface area contributed by atoms with Crippen molar-refractivity contribution >= 4 is 0 Å². The van der Waals surface area contributed by atoms with E-state index < -0.39 is 0 Å². The third-order valence-electron chi connectivity index (χ3n) is 4.47. The van der Waals surface area contributed by atoms with Gasteiger partial charge in [-0.2, -0.15) is 0 Å². The van der Waals surface area contributed by atoms with Crippen molar-refractivity contribution in [2.24, 2.45) is 5.41 Å². The maximum absolute atomic E-state index is 9.87. The summed E-state index contributed by atoms with van der Waals surface area (Å²) in [5, 5.41) is 22.9. The number of aliphatic hydroxyl groups is 2. The molecule has 2 aliphatic carbocycles. The molecule has 16 heavy (non-hydrogen) atoms. The van der Waals surface area contributed by atoms with Crippen LogP contribution in [0.4, 0.5) is 0 Å². The average molecular weight is 227 g/mol. The maximum atomic E-state index is 9.87. The number of rotatable bonds is 4. The molecule has 0 amide bonds. The average Bonchev–Trinajstić information content (AvgIpc) is 2.78. The van der Waals surface area contributed by atoms with Gasteiger partial charge in [0.25, 0.3) is 0 Å². The highest BCUT2D eigenvalue weighted by Crippen LogP contribution is 2.37. The van der Waals surface area contributed by atoms with E-state index in [1.54, 1.807) is 0 Å². The van der Waals surface area contributed by atoms with Gasteiger partial charge in [0.15, 0.2) is 0 Å². The van der Waals surface area contributed by atoms with Crippen molar-refractivity contribution in [3.05, 3.63) is 0 Å². The van der Waals surface area contributed by atoms with Crippen LogP contribution in [-0.4, -0.2) is 35.5 Å². The Labute approximate surface area is 98.2 Å². The molecule has 0 heterocycles. The summed E-state index contributed by atoms with van der Waals surface area (Å²) in [6.07, 6.45) is 8.99. The molecule has 0 bridgehead atoms. The molecular weight excluding hydrogens is 202 g/mol. The van der Waals surface area contributed by atoms with E-state index in [1.165, 1.54) is 19.3 Å². The Kier molecular flexibility index (Phi) is 4.22. The van der Waals surface area contributed by atoms with Crippen LogP contribution < -0.4 is 5.32 Å². The van der Waals surface area contributed by atoms with Crippen LogP contribution in [0.5, 0.6) is 0 Å². The molecule has 94 valence electrons. The molecule has 3 nitrogen and oxygen atoms in total. The lowest BCUT2D eigenvalue weighted by Crippen LogP contribution is -2.47. The van der Waals surface area contributed by atoms with Crippen LogP contribution in [0.1, 0.15) is 51.4 Å². The smallest absolute Gasteiger partial charge is 0.0693 e. The molecular formula is C13H25NO2. The quantitative estimate of drug-likeness (QED) is 0.681. The van der Waals surface area contributed by atoms with Crippen molar-refractivity contribution in [3.63, 3.8) is 0 Å². The Bertz CT molecular complexity index is 214. The predicted octanol–water partition coefficient (Wildman–Crippen LogP) is 1.43. The van der Waals surface area contributed by atoms with Crippen LogP contribution in [0.15, 0.2) is 0 Å². The molecule has 2 fully saturated rings. The summed E-state index contributed by atoms with van der Waals surface area (Å²) in [7, 11) is 0. The lowest BCUT2D eigenvalue weighted by atomic mass is 9.85. The first kappa shape index (κ1) is 12.3. The molecule has 2 saturated carbocycles. The zero-order valence-corrected chi connectivity index (χ0v) is 10.1. The van der Waals surface area contributed by atoms with Crippen molar-refractivity contribution in [3.8, 4) is 0 Å². The van der Waals surface area contributed by atoms with E-state index in [1.807, 2.05) is 0 Å². The van der Waals surface area contributed by atoms with E-state index in [2.05, 4.69) is 5.32 Å². The van der Waals surface area contributed by atoms with Gasteiger partial charge in [-0.25, -0.2) is 0 Å². The fourth-order valence-corrected chi connectivity index (χ4v) is 3.21. The summed E-state index contributed by atoms with van der Waals surface area (Å²) in [6, 6.07) is 0.262. The molecule has 3 N–H and O–H groups in total. The molecule has 2 aliphatic rings. The lowest BCUT2D eigenvalue weighted by Gasteiger charge is -2.33. The molecule has 0 spiro atoms. The van der Waals surface area contributed by atoms with Gasteiger partial charge in [-0.3, -0.25) is 0 Å². The molecule has 0 aromatic carbocycles. The van der Waals surface area contributed by atoms with Gasteiger partial charge in [0.2, 0.25) is 0 Å². The van der Waals surface area contributed by atoms with Gasteiger partial charge < -0.3 is 15.5 Å². The van der Waals surface area contributed by atoms with Gasteiger partial charge in [0.1, 0.15) is 0 Å². The van der Waals surface area contributed by atoms with Crippen LogP contribution in [0.2, 0.25) is 0 Å². The van der Waals surface area contributed by atoms with Gasteiger partial charge in [-0.15, -0.1) is 0 Å². The minimum Gasteiger partial charge on any atom is -0.396 e. The van der Waals surface area contributed by atoms with Crippen molar-refractivity contribution in [1.29, 1.82) is 0 Å². The fraction of sp³-hybridized carbons (Fsp3) is 1.00. The van der Waals surface area contributed by atoms with E-state index >= 15 is 0 Å². The SMILES string of the molecule is OCC1(CN[C@H]2CCCC[C@@H]2O)CCCC1. The zero-order chi connectivity index (χ0) is 11.4. The molecule has 0 radical (unpaired) electrons. The first-order chi connectivity index (χ1) is 7.76. The van der Waals surface area contributed by atoms with Gasteiger partial charge in [0.05, 0.1) is 6.10 Å². The van der Waals surface area contributed by atoms with Crippen LogP contribution in [0.25, 0.3) is 0 Å². The third-order valence-corrected chi connectivity index (χ3v) is 4.47. The third kappa shape index (κ3) is 2.76. The number of hydrogen-bond acceptors (Lipinski definition) is 3. The van der Waals surface area contributed by atoms with Crippen LogP contribution >= 0.6 is 0 Å². The molecule has 0 aliphatic heterocycles. The Morgan fingerprint density at radius 2 is 1.75 bits per heavy atom. The summed E-state index contributed by atoms with van der Waals surface area (Å²) in [4.78, 5) is 0. The summed E-state index contributed by atoms with van der Waals surface area (Å²) in [6.45, 7) is 1.17. The molecule has 0 aromatic rings. The van der Waals surface area contributed by atoms with E-state index in [-0.39, 0.29) is 17.6 Å². The van der Waals surface area contributed by atoms with Crippen molar-refractivity contribution < 1.29 is 10.2 Å². The standard InChI is InChI=1S/C13H25NO2/c15-10-13(7-3-4-8-13)9-14-11-5-1-2-6-12(11)16/h11-12,14-16H,1-10H2/t11-,12-/m0/s1. The highest BCUT2D eigenvalue weighted by atomic mass is 16.3. The number of hydrogen-bond donors (Lipinski definition) is 3. The number of nitrogens with one attached hydrogen (secondary N) is 1. The highest BCUT2D eigenvalue weighted by molar-refractivity contribution is 4.89. The zero-order valence-electron chi connectivity index (χ0n) is 10.1. The van der Waals surface area contributed by atoms with Crippen molar-refractivity contribution in [2.45, 2.75) is 63.5 Å². The first-order valence-corrected chi connectivity index (χ1v) is 6.78. The fourth-order valence-electron chi connectivity index (χ4n) is 3.21. The molecule has 3 heteroatoms. The highest BCUT2D eigenvalue weighted by Gasteiger charge is 2.34. The Morgan fingerprint density at radius 1 is 1.06 bits per heavy atom. The van der Waals surface area contributed by atoms with E-state index in [0.29, 0.717) is 6.61 Å². The second-order valence-corrected chi connectivity index (χ2v) is 5.70. The summed E-state index contributed by atoms with van der Waals surface area (Å²) in [5.74, 6) is 0. The second-order valence-electron chi connectivity index (χ2n) is 5.70. The maximum Gasteiger partial charge on any atom is 0.0693 e. The van der Waals surface area contributed by atoms with E-state index in [4.69, 9.17) is 0 Å². The van der Waals surface area contributed by atoms with Gasteiger partial charge in [0, 0.05) is 24.6 Å². The molecule has 2 atom stereocenters. The Hall–Kier alpha value is -0.120. The largest absolute Gasteiger partial charge is 0.396 e. The second kappa shape index (κ2) is 5.48. The minimum atomic E-state index is -0.175. The van der Waals surface area contributed by atoms with Crippen molar-refractivity contribution in [1.82, 2.24) is 5.32 Å². The summed E-state index contributed by atoms with van der Waals surface area (Å²) in [5.41, 5.74) is 0.108. The predicted molar refractivity (Wildman–Crippen MR) is 64.3 cm³/mol. The van der Waals surface area contributed by atoms with Gasteiger partial charge >= 0.3 is 0 Å². The van der Waals surface area contributed by atoms with E-state index in [9.17, 15) is 10.2 Å². The van der Waals surface area contributed by atoms with Crippen LogP contribution in [0, 0.1) is 5.41 Å². The van der Waals surface area contributed by atoms with Crippen LogP contribution in [0.3, 0.4) is 0 Å². The topological polar surface area (TPSA) is 52.5 Å². The van der Waals surface area contributed by atoms with Gasteiger partial charge in [-0.1, -0.05) is 25.7 Å². The molecule has 0 saturated heterocycles.